The Labute approximate surface area is 108 Å². The van der Waals surface area contributed by atoms with E-state index in [0.29, 0.717) is 21.5 Å². The molecule has 0 radical (unpaired) electrons. The molecule has 6 heteroatoms. The maximum atomic E-state index is 9.68. The Bertz CT molecular complexity index is 336. The monoisotopic (exact) mass is 315 g/mol. The van der Waals surface area contributed by atoms with Crippen LogP contribution in [0.1, 0.15) is 18.0 Å². The average Bonchev–Trinajstić information content (AvgIpc) is 2.15. The molecule has 0 bridgehead atoms. The van der Waals surface area contributed by atoms with Gasteiger partial charge in [0.15, 0.2) is 0 Å². The van der Waals surface area contributed by atoms with E-state index < -0.39 is 0 Å². The molecule has 1 aromatic rings. The minimum atomic E-state index is -0.381. The molecule has 0 saturated heterocycles. The summed E-state index contributed by atoms with van der Waals surface area (Å²) in [5.41, 5.74) is 6.32. The topological polar surface area (TPSA) is 66.5 Å². The minimum absolute atomic E-state index is 0. The number of benzene rings is 1. The molecule has 0 unspecified atom stereocenters. The fraction of sp³-hybridized carbons (Fsp3) is 0.333. The SMILES string of the molecule is Cl.N[C@@H](CCO)c1ccc(Cl)c(Br)c1O. The number of aliphatic hydroxyl groups is 1. The lowest BCUT2D eigenvalue weighted by Crippen LogP contribution is -2.12. The van der Waals surface area contributed by atoms with Gasteiger partial charge in [0.25, 0.3) is 0 Å². The molecule has 0 aliphatic carbocycles. The van der Waals surface area contributed by atoms with E-state index in [2.05, 4.69) is 15.9 Å². The number of nitrogens with two attached hydrogens (primary N) is 1. The maximum Gasteiger partial charge on any atom is 0.136 e. The fourth-order valence-electron chi connectivity index (χ4n) is 1.15. The van der Waals surface area contributed by atoms with Crippen LogP contribution in [-0.4, -0.2) is 16.8 Å². The average molecular weight is 317 g/mol. The highest BCUT2D eigenvalue weighted by Gasteiger charge is 2.14. The zero-order chi connectivity index (χ0) is 10.7. The van der Waals surface area contributed by atoms with Crippen LogP contribution in [0.5, 0.6) is 5.75 Å². The van der Waals surface area contributed by atoms with E-state index >= 15 is 0 Å². The van der Waals surface area contributed by atoms with E-state index in [1.807, 2.05) is 0 Å². The van der Waals surface area contributed by atoms with Crippen LogP contribution < -0.4 is 5.73 Å². The molecular weight excluding hydrogens is 305 g/mol. The molecule has 4 N–H and O–H groups in total. The van der Waals surface area contributed by atoms with E-state index in [0.717, 1.165) is 0 Å². The molecule has 1 atom stereocenters. The van der Waals surface area contributed by atoms with Crippen molar-refractivity contribution in [2.45, 2.75) is 12.5 Å². The molecule has 86 valence electrons. The quantitative estimate of drug-likeness (QED) is 0.803. The number of hydrogen-bond acceptors (Lipinski definition) is 3. The zero-order valence-corrected chi connectivity index (χ0v) is 10.9. The molecule has 0 saturated carbocycles. The summed E-state index contributed by atoms with van der Waals surface area (Å²) in [5.74, 6) is 0.0402. The molecule has 0 aliphatic rings. The van der Waals surface area contributed by atoms with E-state index in [-0.39, 0.29) is 30.8 Å². The highest BCUT2D eigenvalue weighted by molar-refractivity contribution is 9.10. The molecule has 0 heterocycles. The number of halogens is 3. The summed E-state index contributed by atoms with van der Waals surface area (Å²) < 4.78 is 0.435. The minimum Gasteiger partial charge on any atom is -0.506 e. The number of hydrogen-bond donors (Lipinski definition) is 3. The molecule has 0 amide bonds. The van der Waals surface area contributed by atoms with Gasteiger partial charge < -0.3 is 15.9 Å². The largest absolute Gasteiger partial charge is 0.506 e. The summed E-state index contributed by atoms with van der Waals surface area (Å²) in [5, 5.41) is 18.8. The Hall–Kier alpha value is -0.000000000000000111. The Morgan fingerprint density at radius 3 is 2.60 bits per heavy atom. The molecular formula is C9H12BrCl2NO2. The van der Waals surface area contributed by atoms with Crippen LogP contribution in [0.4, 0.5) is 0 Å². The van der Waals surface area contributed by atoms with E-state index in [1.54, 1.807) is 12.1 Å². The fourth-order valence-corrected chi connectivity index (χ4v) is 1.66. The number of rotatable bonds is 3. The second-order valence-electron chi connectivity index (χ2n) is 2.92. The number of aromatic hydroxyl groups is 1. The lowest BCUT2D eigenvalue weighted by Gasteiger charge is -2.13. The summed E-state index contributed by atoms with van der Waals surface area (Å²) in [6.45, 7) is -0.0130. The summed E-state index contributed by atoms with van der Waals surface area (Å²) in [7, 11) is 0. The van der Waals surface area contributed by atoms with E-state index in [1.165, 1.54) is 0 Å². The van der Waals surface area contributed by atoms with Crippen LogP contribution in [0.3, 0.4) is 0 Å². The Morgan fingerprint density at radius 1 is 1.47 bits per heavy atom. The molecule has 0 aromatic heterocycles. The number of aliphatic hydroxyl groups excluding tert-OH is 1. The third kappa shape index (κ3) is 3.50. The van der Waals surface area contributed by atoms with Gasteiger partial charge in [0, 0.05) is 18.2 Å². The highest BCUT2D eigenvalue weighted by Crippen LogP contribution is 2.37. The molecule has 3 nitrogen and oxygen atoms in total. The van der Waals surface area contributed by atoms with Gasteiger partial charge in [0.05, 0.1) is 9.50 Å². The summed E-state index contributed by atoms with van der Waals surface area (Å²) in [6, 6.07) is 2.93. The third-order valence-electron chi connectivity index (χ3n) is 1.94. The van der Waals surface area contributed by atoms with Crippen molar-refractivity contribution in [1.29, 1.82) is 0 Å². The van der Waals surface area contributed by atoms with Crippen molar-refractivity contribution < 1.29 is 10.2 Å². The van der Waals surface area contributed by atoms with Crippen molar-refractivity contribution in [3.05, 3.63) is 27.2 Å². The Kier molecular flexibility index (Phi) is 6.55. The second-order valence-corrected chi connectivity index (χ2v) is 4.12. The lowest BCUT2D eigenvalue weighted by molar-refractivity contribution is 0.275. The first kappa shape index (κ1) is 15.0. The van der Waals surface area contributed by atoms with Crippen LogP contribution in [-0.2, 0) is 0 Å². The van der Waals surface area contributed by atoms with Crippen molar-refractivity contribution in [1.82, 2.24) is 0 Å². The van der Waals surface area contributed by atoms with Gasteiger partial charge in [-0.2, -0.15) is 0 Å². The van der Waals surface area contributed by atoms with Crippen molar-refractivity contribution >= 4 is 39.9 Å². The van der Waals surface area contributed by atoms with Crippen LogP contribution >= 0.6 is 39.9 Å². The van der Waals surface area contributed by atoms with Crippen molar-refractivity contribution in [2.75, 3.05) is 6.61 Å². The Balaban J connectivity index is 0.00000196. The van der Waals surface area contributed by atoms with Gasteiger partial charge in [-0.05, 0) is 28.4 Å². The van der Waals surface area contributed by atoms with Crippen LogP contribution in [0.2, 0.25) is 5.02 Å². The predicted molar refractivity (Wildman–Crippen MR) is 66.7 cm³/mol. The van der Waals surface area contributed by atoms with Gasteiger partial charge in [0.1, 0.15) is 5.75 Å². The molecule has 0 aliphatic heterocycles. The predicted octanol–water partition coefficient (Wildman–Crippen LogP) is 2.61. The van der Waals surface area contributed by atoms with E-state index in [4.69, 9.17) is 22.4 Å². The van der Waals surface area contributed by atoms with Crippen LogP contribution in [0.25, 0.3) is 0 Å². The van der Waals surface area contributed by atoms with Gasteiger partial charge >= 0.3 is 0 Å². The van der Waals surface area contributed by atoms with Gasteiger partial charge in [0.2, 0.25) is 0 Å². The van der Waals surface area contributed by atoms with Gasteiger partial charge in [-0.25, -0.2) is 0 Å². The van der Waals surface area contributed by atoms with Gasteiger partial charge in [-0.15, -0.1) is 12.4 Å². The second kappa shape index (κ2) is 6.55. The molecule has 0 spiro atoms. The maximum absolute atomic E-state index is 9.68. The normalized spacial score (nSPS) is 12.0. The first-order valence-corrected chi connectivity index (χ1v) is 5.28. The summed E-state index contributed by atoms with van der Waals surface area (Å²) in [6.07, 6.45) is 0.404. The summed E-state index contributed by atoms with van der Waals surface area (Å²) >= 11 is 8.92. The van der Waals surface area contributed by atoms with Crippen molar-refractivity contribution in [3.8, 4) is 5.75 Å². The lowest BCUT2D eigenvalue weighted by atomic mass is 10.0. The smallest absolute Gasteiger partial charge is 0.136 e. The van der Waals surface area contributed by atoms with Gasteiger partial charge in [-0.1, -0.05) is 17.7 Å². The van der Waals surface area contributed by atoms with Crippen LogP contribution in [0, 0.1) is 0 Å². The molecule has 0 fully saturated rings. The Morgan fingerprint density at radius 2 is 2.07 bits per heavy atom. The molecule has 1 rings (SSSR count). The third-order valence-corrected chi connectivity index (χ3v) is 3.29. The first-order chi connectivity index (χ1) is 6.57. The first-order valence-electron chi connectivity index (χ1n) is 4.11. The number of phenolic OH excluding ortho intramolecular Hbond substituents is 1. The van der Waals surface area contributed by atoms with E-state index in [9.17, 15) is 5.11 Å². The number of phenols is 1. The zero-order valence-electron chi connectivity index (χ0n) is 7.78. The molecule has 1 aromatic carbocycles. The molecule has 15 heavy (non-hydrogen) atoms. The van der Waals surface area contributed by atoms with Crippen molar-refractivity contribution in [3.63, 3.8) is 0 Å². The summed E-state index contributed by atoms with van der Waals surface area (Å²) in [4.78, 5) is 0. The van der Waals surface area contributed by atoms with Crippen molar-refractivity contribution in [2.24, 2.45) is 5.73 Å². The highest BCUT2D eigenvalue weighted by atomic mass is 79.9. The standard InChI is InChI=1S/C9H11BrClNO2.ClH/c10-8-6(11)2-1-5(9(8)14)7(12)3-4-13;/h1-2,7,13-14H,3-4,12H2;1H/t7-;/m0./s1. The van der Waals surface area contributed by atoms with Gasteiger partial charge in [-0.3, -0.25) is 0 Å². The van der Waals surface area contributed by atoms with Crippen LogP contribution in [0.15, 0.2) is 16.6 Å².